The highest BCUT2D eigenvalue weighted by atomic mass is 35.5. The number of halogens is 1. The van der Waals surface area contributed by atoms with Crippen molar-refractivity contribution in [3.8, 4) is 0 Å². The molecule has 6 nitrogen and oxygen atoms in total. The Morgan fingerprint density at radius 1 is 1.07 bits per heavy atom. The zero-order valence-corrected chi connectivity index (χ0v) is 14.8. The highest BCUT2D eigenvalue weighted by Gasteiger charge is 2.45. The van der Waals surface area contributed by atoms with E-state index in [2.05, 4.69) is 0 Å². The van der Waals surface area contributed by atoms with Crippen molar-refractivity contribution in [2.75, 3.05) is 6.54 Å². The van der Waals surface area contributed by atoms with Gasteiger partial charge in [0.2, 0.25) is 0 Å². The molecule has 1 fully saturated rings. The normalized spacial score (nSPS) is 18.7. The van der Waals surface area contributed by atoms with Crippen LogP contribution in [0.4, 0.5) is 0 Å². The summed E-state index contributed by atoms with van der Waals surface area (Å²) in [6, 6.07) is 13.9. The summed E-state index contributed by atoms with van der Waals surface area (Å²) in [5.74, 6) is -3.39. The van der Waals surface area contributed by atoms with Gasteiger partial charge in [-0.3, -0.25) is 9.59 Å². The molecule has 138 valence electrons. The summed E-state index contributed by atoms with van der Waals surface area (Å²) < 4.78 is 0. The van der Waals surface area contributed by atoms with Crippen LogP contribution in [0.5, 0.6) is 0 Å². The smallest absolute Gasteiger partial charge is 0.295 e. The topological polar surface area (TPSA) is 97.7 Å². The number of benzene rings is 2. The molecule has 0 unspecified atom stereocenters. The summed E-state index contributed by atoms with van der Waals surface area (Å²) in [5.41, 5.74) is 0.829. The molecule has 1 heterocycles. The van der Waals surface area contributed by atoms with Gasteiger partial charge in [-0.1, -0.05) is 54.1 Å². The summed E-state index contributed by atoms with van der Waals surface area (Å²) in [5, 5.41) is 22.0. The summed E-state index contributed by atoms with van der Waals surface area (Å²) >= 11 is 5.91. The number of carboxylic acids is 1. The molecule has 0 radical (unpaired) electrons. The first-order valence-corrected chi connectivity index (χ1v) is 8.57. The van der Waals surface area contributed by atoms with Gasteiger partial charge in [0, 0.05) is 29.5 Å². The second-order valence-electron chi connectivity index (χ2n) is 6.03. The monoisotopic (exact) mass is 384 g/mol. The Balaban J connectivity index is 2.14. The quantitative estimate of drug-likeness (QED) is 0.482. The third-order valence-electron chi connectivity index (χ3n) is 4.33. The van der Waals surface area contributed by atoms with Crippen LogP contribution in [0.1, 0.15) is 23.6 Å². The Hall–Kier alpha value is -3.12. The molecule has 0 saturated carbocycles. The van der Waals surface area contributed by atoms with E-state index < -0.39 is 30.1 Å². The van der Waals surface area contributed by atoms with Gasteiger partial charge >= 0.3 is 0 Å². The van der Waals surface area contributed by atoms with E-state index in [9.17, 15) is 24.6 Å². The molecule has 7 heteroatoms. The van der Waals surface area contributed by atoms with E-state index in [4.69, 9.17) is 11.6 Å². The number of ketones is 1. The van der Waals surface area contributed by atoms with Crippen LogP contribution < -0.4 is 5.11 Å². The standard InChI is InChI=1S/C20H16ClNO5/c21-14-8-6-12(7-9-14)17-16(18(25)13-4-2-1-3-5-13)19(26)20(27)22(17)11-10-15(23)24/h1-9,17,25H,10-11H2,(H,23,24)/p-1/t17-/m1/s1. The average molecular weight is 385 g/mol. The number of hydrogen-bond acceptors (Lipinski definition) is 5. The van der Waals surface area contributed by atoms with Crippen molar-refractivity contribution in [1.29, 1.82) is 0 Å². The maximum atomic E-state index is 12.6. The number of aliphatic hydroxyl groups is 1. The van der Waals surface area contributed by atoms with Gasteiger partial charge in [0.15, 0.2) is 0 Å². The Morgan fingerprint density at radius 3 is 2.30 bits per heavy atom. The van der Waals surface area contributed by atoms with Crippen molar-refractivity contribution < 1.29 is 24.6 Å². The fraction of sp³-hybridized carbons (Fsp3) is 0.150. The van der Waals surface area contributed by atoms with Gasteiger partial charge in [-0.25, -0.2) is 0 Å². The van der Waals surface area contributed by atoms with Gasteiger partial charge in [0.1, 0.15) is 5.76 Å². The molecule has 1 amide bonds. The van der Waals surface area contributed by atoms with Crippen molar-refractivity contribution in [2.24, 2.45) is 0 Å². The van der Waals surface area contributed by atoms with Crippen molar-refractivity contribution in [2.45, 2.75) is 12.5 Å². The molecule has 1 N–H and O–H groups in total. The lowest BCUT2D eigenvalue weighted by Crippen LogP contribution is -2.34. The number of Topliss-reactive ketones (excluding diaryl/α,β-unsaturated/α-hetero) is 1. The highest BCUT2D eigenvalue weighted by molar-refractivity contribution is 6.46. The molecule has 3 rings (SSSR count). The number of likely N-dealkylation sites (tertiary alicyclic amines) is 1. The number of aliphatic carboxylic acids is 1. The van der Waals surface area contributed by atoms with E-state index >= 15 is 0 Å². The van der Waals surface area contributed by atoms with E-state index in [0.29, 0.717) is 16.1 Å². The molecule has 1 aliphatic heterocycles. The molecule has 0 aliphatic carbocycles. The first kappa shape index (κ1) is 18.7. The number of rotatable bonds is 5. The molecule has 0 aromatic heterocycles. The van der Waals surface area contributed by atoms with Gasteiger partial charge in [-0.2, -0.15) is 0 Å². The third kappa shape index (κ3) is 3.71. The van der Waals surface area contributed by atoms with Crippen LogP contribution in [-0.2, 0) is 14.4 Å². The molecule has 2 aromatic rings. The number of carbonyl (C=O) groups excluding carboxylic acids is 3. The minimum atomic E-state index is -1.34. The number of carbonyl (C=O) groups is 3. The van der Waals surface area contributed by atoms with E-state index in [-0.39, 0.29) is 17.9 Å². The number of nitrogens with zero attached hydrogens (tertiary/aromatic N) is 1. The SMILES string of the molecule is O=C([O-])CCN1C(=O)C(=O)C(=C(O)c2ccccc2)[C@H]1c1ccc(Cl)cc1. The van der Waals surface area contributed by atoms with Crippen molar-refractivity contribution in [1.82, 2.24) is 4.90 Å². The molecular weight excluding hydrogens is 370 g/mol. The number of carboxylic acid groups (broad SMARTS) is 1. The number of hydrogen-bond donors (Lipinski definition) is 1. The Labute approximate surface area is 160 Å². The fourth-order valence-corrected chi connectivity index (χ4v) is 3.19. The van der Waals surface area contributed by atoms with Gasteiger partial charge in [-0.15, -0.1) is 0 Å². The van der Waals surface area contributed by atoms with E-state index in [1.165, 1.54) is 0 Å². The predicted molar refractivity (Wildman–Crippen MR) is 96.5 cm³/mol. The summed E-state index contributed by atoms with van der Waals surface area (Å²) in [7, 11) is 0. The minimum absolute atomic E-state index is 0.0909. The molecule has 0 bridgehead atoms. The van der Waals surface area contributed by atoms with E-state index in [1.807, 2.05) is 0 Å². The van der Waals surface area contributed by atoms with Crippen LogP contribution in [0.3, 0.4) is 0 Å². The average Bonchev–Trinajstić information content (AvgIpc) is 2.91. The molecule has 1 aliphatic rings. The van der Waals surface area contributed by atoms with Crippen LogP contribution in [0.2, 0.25) is 5.02 Å². The lowest BCUT2D eigenvalue weighted by atomic mass is 9.95. The second-order valence-corrected chi connectivity index (χ2v) is 6.47. The van der Waals surface area contributed by atoms with Crippen LogP contribution in [0.15, 0.2) is 60.2 Å². The van der Waals surface area contributed by atoms with E-state index in [0.717, 1.165) is 4.90 Å². The summed E-state index contributed by atoms with van der Waals surface area (Å²) in [6.45, 7) is -0.216. The molecule has 0 spiro atoms. The molecule has 27 heavy (non-hydrogen) atoms. The minimum Gasteiger partial charge on any atom is -0.550 e. The zero-order valence-electron chi connectivity index (χ0n) is 14.1. The lowest BCUT2D eigenvalue weighted by Gasteiger charge is -2.25. The molecule has 1 atom stereocenters. The maximum absolute atomic E-state index is 12.6. The van der Waals surface area contributed by atoms with Gasteiger partial charge in [0.25, 0.3) is 11.7 Å². The zero-order chi connectivity index (χ0) is 19.6. The Kier molecular flexibility index (Phi) is 5.28. The first-order valence-electron chi connectivity index (χ1n) is 8.19. The highest BCUT2D eigenvalue weighted by Crippen LogP contribution is 2.39. The lowest BCUT2D eigenvalue weighted by molar-refractivity contribution is -0.305. The first-order chi connectivity index (χ1) is 12.9. The molecular formula is C20H15ClNO5-. The van der Waals surface area contributed by atoms with Crippen LogP contribution >= 0.6 is 11.6 Å². The maximum Gasteiger partial charge on any atom is 0.295 e. The number of amides is 1. The summed E-state index contributed by atoms with van der Waals surface area (Å²) in [4.78, 5) is 37.1. The Morgan fingerprint density at radius 2 is 1.70 bits per heavy atom. The largest absolute Gasteiger partial charge is 0.550 e. The summed E-state index contributed by atoms with van der Waals surface area (Å²) in [6.07, 6.45) is -0.428. The third-order valence-corrected chi connectivity index (χ3v) is 4.58. The molecule has 2 aromatic carbocycles. The van der Waals surface area contributed by atoms with Crippen molar-refractivity contribution >= 4 is 35.0 Å². The van der Waals surface area contributed by atoms with Gasteiger partial charge < -0.3 is 19.9 Å². The predicted octanol–water partition coefficient (Wildman–Crippen LogP) is 1.90. The fourth-order valence-electron chi connectivity index (χ4n) is 3.07. The van der Waals surface area contributed by atoms with Crippen LogP contribution in [0.25, 0.3) is 5.76 Å². The second kappa shape index (κ2) is 7.63. The van der Waals surface area contributed by atoms with Crippen molar-refractivity contribution in [3.05, 3.63) is 76.3 Å². The number of aliphatic hydroxyl groups excluding tert-OH is 1. The van der Waals surface area contributed by atoms with Crippen LogP contribution in [0, 0.1) is 0 Å². The van der Waals surface area contributed by atoms with Crippen LogP contribution in [-0.4, -0.2) is 34.2 Å². The van der Waals surface area contributed by atoms with Crippen molar-refractivity contribution in [3.63, 3.8) is 0 Å². The Bertz CT molecular complexity index is 921. The van der Waals surface area contributed by atoms with Gasteiger partial charge in [0.05, 0.1) is 11.6 Å². The van der Waals surface area contributed by atoms with Gasteiger partial charge in [-0.05, 0) is 17.7 Å². The molecule has 1 saturated heterocycles. The van der Waals surface area contributed by atoms with E-state index in [1.54, 1.807) is 54.6 Å².